The molecule has 6 heteroatoms. The van der Waals surface area contributed by atoms with Gasteiger partial charge < -0.3 is 0 Å². The van der Waals surface area contributed by atoms with Crippen molar-refractivity contribution in [1.29, 1.82) is 0 Å². The van der Waals surface area contributed by atoms with Crippen molar-refractivity contribution in [2.75, 3.05) is 0 Å². The van der Waals surface area contributed by atoms with Crippen LogP contribution in [-0.4, -0.2) is 19.1 Å². The Morgan fingerprint density at radius 2 is 1.95 bits per heavy atom. The van der Waals surface area contributed by atoms with Gasteiger partial charge in [-0.2, -0.15) is 0 Å². The second-order valence-corrected chi connectivity index (χ2v) is 6.12. The Bertz CT molecular complexity index is 879. The second kappa shape index (κ2) is 4.80. The van der Waals surface area contributed by atoms with Gasteiger partial charge in [0.2, 0.25) is 0 Å². The molecule has 0 bridgehead atoms. The van der Waals surface area contributed by atoms with E-state index in [4.69, 9.17) is 0 Å². The van der Waals surface area contributed by atoms with E-state index < -0.39 is 0 Å². The van der Waals surface area contributed by atoms with Crippen molar-refractivity contribution >= 4 is 27.1 Å². The topological polar surface area (TPSA) is 52.7 Å². The van der Waals surface area contributed by atoms with Crippen LogP contribution in [-0.2, 0) is 13.0 Å². The summed E-state index contributed by atoms with van der Waals surface area (Å²) in [7, 11) is 0. The van der Waals surface area contributed by atoms with E-state index in [1.807, 2.05) is 28.8 Å². The molecule has 0 saturated heterocycles. The van der Waals surface area contributed by atoms with E-state index in [9.17, 15) is 4.79 Å². The third-order valence-electron chi connectivity index (χ3n) is 3.87. The van der Waals surface area contributed by atoms with Gasteiger partial charge in [-0.3, -0.25) is 13.9 Å². The minimum Gasteiger partial charge on any atom is -0.295 e. The first kappa shape index (κ1) is 12.8. The lowest BCUT2D eigenvalue weighted by molar-refractivity contribution is 0.500. The average Bonchev–Trinajstić information content (AvgIpc) is 2.92. The summed E-state index contributed by atoms with van der Waals surface area (Å²) >= 11 is 3.43. The van der Waals surface area contributed by atoms with E-state index in [0.29, 0.717) is 11.2 Å². The van der Waals surface area contributed by atoms with Gasteiger partial charge in [0.25, 0.3) is 5.56 Å². The normalized spacial score (nSPS) is 14.3. The van der Waals surface area contributed by atoms with Gasteiger partial charge in [-0.05, 0) is 37.1 Å². The molecule has 0 aliphatic carbocycles. The molecule has 0 amide bonds. The quantitative estimate of drug-likeness (QED) is 0.681. The molecule has 0 N–H and O–H groups in total. The Morgan fingerprint density at radius 1 is 1.14 bits per heavy atom. The Morgan fingerprint density at radius 3 is 2.76 bits per heavy atom. The molecule has 0 spiro atoms. The summed E-state index contributed by atoms with van der Waals surface area (Å²) in [6, 6.07) is 7.88. The van der Waals surface area contributed by atoms with Gasteiger partial charge in [0, 0.05) is 23.1 Å². The van der Waals surface area contributed by atoms with Crippen molar-refractivity contribution in [2.45, 2.75) is 25.8 Å². The highest BCUT2D eigenvalue weighted by atomic mass is 79.9. The van der Waals surface area contributed by atoms with Gasteiger partial charge in [0.1, 0.15) is 12.2 Å². The number of halogens is 1. The standard InChI is InChI=1S/C15H13BrN4O/c16-10-4-6-11(7-5-10)20-9-17-13-14(20)18-12-3-1-2-8-19(12)15(13)21/h4-7,9H,1-3,8H2. The molecule has 1 aromatic carbocycles. The summed E-state index contributed by atoms with van der Waals surface area (Å²) < 4.78 is 4.66. The fourth-order valence-corrected chi connectivity index (χ4v) is 3.06. The maximum absolute atomic E-state index is 12.5. The predicted octanol–water partition coefficient (Wildman–Crippen LogP) is 2.68. The zero-order chi connectivity index (χ0) is 14.4. The maximum atomic E-state index is 12.5. The largest absolute Gasteiger partial charge is 0.295 e. The lowest BCUT2D eigenvalue weighted by Gasteiger charge is -2.16. The molecule has 0 fully saturated rings. The highest BCUT2D eigenvalue weighted by molar-refractivity contribution is 9.10. The third-order valence-corrected chi connectivity index (χ3v) is 4.40. The molecule has 0 radical (unpaired) electrons. The van der Waals surface area contributed by atoms with Gasteiger partial charge in [-0.1, -0.05) is 15.9 Å². The Balaban J connectivity index is 1.98. The fourth-order valence-electron chi connectivity index (χ4n) is 2.79. The zero-order valence-corrected chi connectivity index (χ0v) is 12.9. The molecule has 4 rings (SSSR count). The minimum absolute atomic E-state index is 0.0226. The van der Waals surface area contributed by atoms with E-state index in [1.54, 1.807) is 10.9 Å². The molecule has 1 aliphatic rings. The minimum atomic E-state index is -0.0226. The number of fused-ring (bicyclic) bond motifs is 2. The number of benzene rings is 1. The van der Waals surface area contributed by atoms with Gasteiger partial charge in [0.05, 0.1) is 0 Å². The predicted molar refractivity (Wildman–Crippen MR) is 83.8 cm³/mol. The molecule has 3 aromatic rings. The summed E-state index contributed by atoms with van der Waals surface area (Å²) in [5, 5.41) is 0. The molecule has 0 saturated carbocycles. The smallest absolute Gasteiger partial charge is 0.281 e. The van der Waals surface area contributed by atoms with Crippen LogP contribution >= 0.6 is 15.9 Å². The maximum Gasteiger partial charge on any atom is 0.281 e. The molecule has 2 aromatic heterocycles. The summed E-state index contributed by atoms with van der Waals surface area (Å²) in [6.45, 7) is 0.752. The van der Waals surface area contributed by atoms with Crippen LogP contribution < -0.4 is 5.56 Å². The van der Waals surface area contributed by atoms with Crippen LogP contribution in [0.1, 0.15) is 18.7 Å². The second-order valence-electron chi connectivity index (χ2n) is 5.21. The third kappa shape index (κ3) is 2.01. The summed E-state index contributed by atoms with van der Waals surface area (Å²) in [4.78, 5) is 21.5. The highest BCUT2D eigenvalue weighted by Crippen LogP contribution is 2.19. The van der Waals surface area contributed by atoms with Crippen molar-refractivity contribution in [3.05, 3.63) is 51.2 Å². The van der Waals surface area contributed by atoms with E-state index in [0.717, 1.165) is 41.8 Å². The number of aryl methyl sites for hydroxylation is 1. The first-order chi connectivity index (χ1) is 10.2. The molecule has 0 unspecified atom stereocenters. The van der Waals surface area contributed by atoms with E-state index in [-0.39, 0.29) is 5.56 Å². The van der Waals surface area contributed by atoms with Crippen molar-refractivity contribution in [2.24, 2.45) is 0 Å². The number of nitrogens with zero attached hydrogens (tertiary/aromatic N) is 4. The molecule has 21 heavy (non-hydrogen) atoms. The van der Waals surface area contributed by atoms with Gasteiger partial charge in [-0.25, -0.2) is 9.97 Å². The number of aromatic nitrogens is 4. The highest BCUT2D eigenvalue weighted by Gasteiger charge is 2.18. The molecule has 3 heterocycles. The first-order valence-electron chi connectivity index (χ1n) is 6.97. The van der Waals surface area contributed by atoms with Crippen molar-refractivity contribution in [3.63, 3.8) is 0 Å². The molecular weight excluding hydrogens is 332 g/mol. The van der Waals surface area contributed by atoms with Gasteiger partial charge in [-0.15, -0.1) is 0 Å². The van der Waals surface area contributed by atoms with Crippen LogP contribution in [0.2, 0.25) is 0 Å². The SMILES string of the molecule is O=c1c2ncn(-c3ccc(Br)cc3)c2nc2n1CCCC2. The Labute approximate surface area is 129 Å². The fraction of sp³-hybridized carbons (Fsp3) is 0.267. The molecule has 0 atom stereocenters. The number of hydrogen-bond acceptors (Lipinski definition) is 3. The monoisotopic (exact) mass is 344 g/mol. The van der Waals surface area contributed by atoms with E-state index in [2.05, 4.69) is 25.9 Å². The van der Waals surface area contributed by atoms with Crippen molar-refractivity contribution < 1.29 is 0 Å². The molecule has 5 nitrogen and oxygen atoms in total. The van der Waals surface area contributed by atoms with Crippen LogP contribution in [0.25, 0.3) is 16.9 Å². The number of rotatable bonds is 1. The summed E-state index contributed by atoms with van der Waals surface area (Å²) in [5.41, 5.74) is 2.03. The Kier molecular flexibility index (Phi) is 2.92. The van der Waals surface area contributed by atoms with Gasteiger partial charge in [0.15, 0.2) is 11.2 Å². The lowest BCUT2D eigenvalue weighted by Crippen LogP contribution is -2.28. The van der Waals surface area contributed by atoms with Gasteiger partial charge >= 0.3 is 0 Å². The summed E-state index contributed by atoms with van der Waals surface area (Å²) in [6.07, 6.45) is 4.66. The lowest BCUT2D eigenvalue weighted by atomic mass is 10.1. The van der Waals surface area contributed by atoms with Crippen LogP contribution in [0.4, 0.5) is 0 Å². The van der Waals surface area contributed by atoms with E-state index in [1.165, 1.54) is 0 Å². The van der Waals surface area contributed by atoms with Crippen LogP contribution in [0.15, 0.2) is 39.9 Å². The average molecular weight is 345 g/mol. The van der Waals surface area contributed by atoms with Crippen LogP contribution in [0.3, 0.4) is 0 Å². The zero-order valence-electron chi connectivity index (χ0n) is 11.3. The molecular formula is C15H13BrN4O. The first-order valence-corrected chi connectivity index (χ1v) is 7.76. The number of imidazole rings is 1. The van der Waals surface area contributed by atoms with Crippen LogP contribution in [0, 0.1) is 0 Å². The summed E-state index contributed by atoms with van der Waals surface area (Å²) in [5.74, 6) is 0.873. The van der Waals surface area contributed by atoms with Crippen molar-refractivity contribution in [3.8, 4) is 5.69 Å². The molecule has 106 valence electrons. The van der Waals surface area contributed by atoms with E-state index >= 15 is 0 Å². The van der Waals surface area contributed by atoms with Crippen molar-refractivity contribution in [1.82, 2.24) is 19.1 Å². The van der Waals surface area contributed by atoms with Crippen LogP contribution in [0.5, 0.6) is 0 Å². The Hall–Kier alpha value is -1.95. The molecule has 1 aliphatic heterocycles. The number of hydrogen-bond donors (Lipinski definition) is 0.